The molecule has 5 rings (SSSR count). The van der Waals surface area contributed by atoms with Crippen LogP contribution in [0.1, 0.15) is 102 Å². The predicted octanol–water partition coefficient (Wildman–Crippen LogP) is 7.28. The average molecular weight is 526 g/mol. The highest BCUT2D eigenvalue weighted by molar-refractivity contribution is 5.89. The highest BCUT2D eigenvalue weighted by Gasteiger charge is 2.60. The van der Waals surface area contributed by atoms with Crippen molar-refractivity contribution in [3.8, 4) is 0 Å². The number of nitro groups is 1. The van der Waals surface area contributed by atoms with Crippen LogP contribution in [0, 0.1) is 56.5 Å². The van der Waals surface area contributed by atoms with Gasteiger partial charge in [0, 0.05) is 18.6 Å². The van der Waals surface area contributed by atoms with Gasteiger partial charge in [-0.05, 0) is 123 Å². The molecule has 0 aromatic heterocycles. The molecular formula is C31H43NO6. The summed E-state index contributed by atoms with van der Waals surface area (Å²) in [5, 5.41) is 20.1. The number of hydrogen-bond acceptors (Lipinski definition) is 5. The lowest BCUT2D eigenvalue weighted by molar-refractivity contribution is -0.384. The molecule has 1 aromatic carbocycles. The van der Waals surface area contributed by atoms with Crippen molar-refractivity contribution in [2.24, 2.45) is 46.3 Å². The Morgan fingerprint density at radius 1 is 1.03 bits per heavy atom. The summed E-state index contributed by atoms with van der Waals surface area (Å²) in [6.07, 6.45) is 11.3. The molecule has 1 aromatic rings. The maximum Gasteiger partial charge on any atom is 0.338 e. The first-order chi connectivity index (χ1) is 18.0. The number of carbonyl (C=O) groups excluding carboxylic acids is 1. The van der Waals surface area contributed by atoms with Gasteiger partial charge < -0.3 is 9.84 Å². The molecule has 0 saturated heterocycles. The van der Waals surface area contributed by atoms with E-state index < -0.39 is 10.9 Å². The molecule has 0 radical (unpaired) electrons. The minimum atomic E-state index is -0.680. The monoisotopic (exact) mass is 525 g/mol. The van der Waals surface area contributed by atoms with Crippen molar-refractivity contribution in [1.82, 2.24) is 0 Å². The van der Waals surface area contributed by atoms with Crippen LogP contribution in [-0.2, 0) is 9.53 Å². The van der Waals surface area contributed by atoms with E-state index in [2.05, 4.69) is 20.8 Å². The summed E-state index contributed by atoms with van der Waals surface area (Å²) >= 11 is 0. The third-order valence-corrected chi connectivity index (χ3v) is 11.8. The normalized spacial score (nSPS) is 38.8. The van der Waals surface area contributed by atoms with Crippen molar-refractivity contribution in [1.29, 1.82) is 0 Å². The van der Waals surface area contributed by atoms with Crippen LogP contribution in [-0.4, -0.2) is 28.1 Å². The fourth-order valence-electron chi connectivity index (χ4n) is 9.79. The predicted molar refractivity (Wildman–Crippen MR) is 144 cm³/mol. The summed E-state index contributed by atoms with van der Waals surface area (Å²) in [7, 11) is 0. The lowest BCUT2D eigenvalue weighted by Gasteiger charge is -2.61. The van der Waals surface area contributed by atoms with E-state index in [0.717, 1.165) is 43.4 Å². The van der Waals surface area contributed by atoms with E-state index in [9.17, 15) is 24.8 Å². The molecule has 7 nitrogen and oxygen atoms in total. The minimum absolute atomic E-state index is 0.0291. The molecule has 4 aliphatic rings. The zero-order valence-corrected chi connectivity index (χ0v) is 23.1. The van der Waals surface area contributed by atoms with Crippen LogP contribution >= 0.6 is 0 Å². The number of hydrogen-bond donors (Lipinski definition) is 1. The van der Waals surface area contributed by atoms with E-state index in [1.807, 2.05) is 0 Å². The van der Waals surface area contributed by atoms with Crippen LogP contribution in [0.25, 0.3) is 0 Å². The molecule has 208 valence electrons. The van der Waals surface area contributed by atoms with E-state index in [4.69, 9.17) is 4.74 Å². The Balaban J connectivity index is 1.22. The van der Waals surface area contributed by atoms with Gasteiger partial charge >= 0.3 is 11.9 Å². The third kappa shape index (κ3) is 4.75. The maximum absolute atomic E-state index is 12.8. The Morgan fingerprint density at radius 3 is 2.39 bits per heavy atom. The SMILES string of the molecule is C[C@H](CCC(=O)O)[C@H]1CC[C@H]2[C@@H]3CC[C@@H]4C[C@@H](OC(=O)c5ccc([N+](=O)[O-])cc5)CC[C@]4(C)[C@H]3CC[C@]12C. The number of nitro benzene ring substituents is 1. The first-order valence-corrected chi connectivity index (χ1v) is 14.7. The standard InChI is InChI=1S/C31H43NO6/c1-19(4-13-28(33)34)25-11-12-26-24-10-7-21-18-23(14-16-30(21,2)27(24)15-17-31(25,26)3)38-29(35)20-5-8-22(9-6-20)32(36)37/h5-6,8-9,19,21,23-27H,4,7,10-18H2,1-3H3,(H,33,34)/t19-,21-,23+,24+,25-,26+,27+,30+,31-/m1/s1. The highest BCUT2D eigenvalue weighted by atomic mass is 16.6. The van der Waals surface area contributed by atoms with Crippen LogP contribution < -0.4 is 0 Å². The summed E-state index contributed by atoms with van der Waals surface area (Å²) in [5.41, 5.74) is 0.957. The summed E-state index contributed by atoms with van der Waals surface area (Å²) in [4.78, 5) is 34.4. The number of fused-ring (bicyclic) bond motifs is 5. The lowest BCUT2D eigenvalue weighted by Crippen LogP contribution is -2.54. The summed E-state index contributed by atoms with van der Waals surface area (Å²) in [6.45, 7) is 7.31. The van der Waals surface area contributed by atoms with Gasteiger partial charge in [0.25, 0.3) is 5.69 Å². The van der Waals surface area contributed by atoms with Crippen LogP contribution in [0.4, 0.5) is 5.69 Å². The Hall–Kier alpha value is -2.44. The number of nitrogens with zero attached hydrogens (tertiary/aromatic N) is 1. The molecule has 0 unspecified atom stereocenters. The van der Waals surface area contributed by atoms with E-state index in [1.54, 1.807) is 0 Å². The number of carbonyl (C=O) groups is 2. The van der Waals surface area contributed by atoms with Crippen molar-refractivity contribution in [2.75, 3.05) is 0 Å². The molecule has 38 heavy (non-hydrogen) atoms. The molecule has 0 bridgehead atoms. The van der Waals surface area contributed by atoms with Crippen molar-refractivity contribution in [3.63, 3.8) is 0 Å². The second-order valence-corrected chi connectivity index (χ2v) is 13.4. The van der Waals surface area contributed by atoms with Crippen LogP contribution in [0.15, 0.2) is 24.3 Å². The second-order valence-electron chi connectivity index (χ2n) is 13.4. The van der Waals surface area contributed by atoms with E-state index in [1.165, 1.54) is 62.8 Å². The zero-order chi connectivity index (χ0) is 27.2. The van der Waals surface area contributed by atoms with Gasteiger partial charge in [0.05, 0.1) is 10.5 Å². The number of carboxylic acid groups (broad SMARTS) is 1. The van der Waals surface area contributed by atoms with Gasteiger partial charge in [-0.1, -0.05) is 20.8 Å². The highest BCUT2D eigenvalue weighted by Crippen LogP contribution is 2.68. The second kappa shape index (κ2) is 10.3. The summed E-state index contributed by atoms with van der Waals surface area (Å²) in [6, 6.07) is 5.67. The molecule has 9 atom stereocenters. The van der Waals surface area contributed by atoms with Gasteiger partial charge in [-0.2, -0.15) is 0 Å². The number of non-ortho nitro benzene ring substituents is 1. The van der Waals surface area contributed by atoms with Crippen LogP contribution in [0.2, 0.25) is 0 Å². The van der Waals surface area contributed by atoms with Crippen LogP contribution in [0.5, 0.6) is 0 Å². The van der Waals surface area contributed by atoms with Crippen molar-refractivity contribution < 1.29 is 24.4 Å². The molecule has 0 aliphatic heterocycles. The number of rotatable bonds is 7. The average Bonchev–Trinajstić information content (AvgIpc) is 3.24. The smallest absolute Gasteiger partial charge is 0.338 e. The van der Waals surface area contributed by atoms with Gasteiger partial charge in [0.1, 0.15) is 6.10 Å². The first kappa shape index (κ1) is 27.1. The third-order valence-electron chi connectivity index (χ3n) is 11.8. The zero-order valence-electron chi connectivity index (χ0n) is 23.1. The fraction of sp³-hybridized carbons (Fsp3) is 0.742. The number of aliphatic carboxylic acids is 1. The Labute approximate surface area is 225 Å². The molecule has 0 amide bonds. The van der Waals surface area contributed by atoms with Gasteiger partial charge in [-0.15, -0.1) is 0 Å². The van der Waals surface area contributed by atoms with E-state index >= 15 is 0 Å². The largest absolute Gasteiger partial charge is 0.481 e. The Morgan fingerprint density at radius 2 is 1.71 bits per heavy atom. The van der Waals surface area contributed by atoms with Gasteiger partial charge in [-0.3, -0.25) is 14.9 Å². The van der Waals surface area contributed by atoms with Gasteiger partial charge in [0.2, 0.25) is 0 Å². The molecule has 4 saturated carbocycles. The molecular weight excluding hydrogens is 482 g/mol. The molecule has 4 aliphatic carbocycles. The summed E-state index contributed by atoms with van der Waals surface area (Å²) in [5.74, 6) is 2.81. The van der Waals surface area contributed by atoms with Gasteiger partial charge in [-0.25, -0.2) is 4.79 Å². The topological polar surface area (TPSA) is 107 Å². The lowest BCUT2D eigenvalue weighted by atomic mass is 9.44. The number of esters is 1. The van der Waals surface area contributed by atoms with Gasteiger partial charge in [0.15, 0.2) is 0 Å². The van der Waals surface area contributed by atoms with Crippen molar-refractivity contribution >= 4 is 17.6 Å². The summed E-state index contributed by atoms with van der Waals surface area (Å²) < 4.78 is 5.92. The van der Waals surface area contributed by atoms with Crippen LogP contribution in [0.3, 0.4) is 0 Å². The fourth-order valence-corrected chi connectivity index (χ4v) is 9.79. The van der Waals surface area contributed by atoms with Crippen molar-refractivity contribution in [3.05, 3.63) is 39.9 Å². The maximum atomic E-state index is 12.8. The number of carboxylic acids is 1. The first-order valence-electron chi connectivity index (χ1n) is 14.7. The molecule has 0 spiro atoms. The molecule has 7 heteroatoms. The molecule has 1 N–H and O–H groups in total. The van der Waals surface area contributed by atoms with E-state index in [0.29, 0.717) is 28.7 Å². The number of benzene rings is 1. The van der Waals surface area contributed by atoms with Crippen molar-refractivity contribution in [2.45, 2.75) is 97.5 Å². The Kier molecular flexibility index (Phi) is 7.34. The molecule has 0 heterocycles. The quantitative estimate of drug-likeness (QED) is 0.228. The minimum Gasteiger partial charge on any atom is -0.481 e. The number of ether oxygens (including phenoxy) is 1. The Bertz CT molecular complexity index is 1070. The van der Waals surface area contributed by atoms with E-state index in [-0.39, 0.29) is 29.6 Å². The molecule has 4 fully saturated rings.